The minimum Gasteiger partial charge on any atom is -0.476 e. The van der Waals surface area contributed by atoms with Crippen LogP contribution in [0, 0.1) is 0 Å². The molecule has 7 N–H and O–H groups in total. The second kappa shape index (κ2) is 9.45. The fraction of sp³-hybridized carbons (Fsp3) is 0.211. The van der Waals surface area contributed by atoms with E-state index >= 15 is 0 Å². The molecule has 0 saturated carbocycles. The van der Waals surface area contributed by atoms with Gasteiger partial charge < -0.3 is 21.5 Å². The van der Waals surface area contributed by atoms with E-state index in [9.17, 15) is 13.2 Å². The van der Waals surface area contributed by atoms with Gasteiger partial charge in [-0.25, -0.2) is 13.4 Å². The van der Waals surface area contributed by atoms with Crippen molar-refractivity contribution < 1.29 is 17.9 Å². The number of hydrogen-bond donors (Lipinski definition) is 5. The first-order chi connectivity index (χ1) is 14.8. The zero-order valence-corrected chi connectivity index (χ0v) is 17.6. The number of carbonyl (C=O) groups is 1. The molecule has 0 saturated heterocycles. The van der Waals surface area contributed by atoms with Crippen LogP contribution in [0.25, 0.3) is 11.3 Å². The monoisotopic (exact) mass is 445 g/mol. The van der Waals surface area contributed by atoms with Crippen molar-refractivity contribution in [2.24, 2.45) is 11.5 Å². The molecule has 0 unspecified atom stereocenters. The van der Waals surface area contributed by atoms with E-state index < -0.39 is 15.9 Å². The van der Waals surface area contributed by atoms with Gasteiger partial charge in [-0.15, -0.1) is 0 Å². The van der Waals surface area contributed by atoms with Gasteiger partial charge in [0.25, 0.3) is 5.91 Å². The predicted octanol–water partition coefficient (Wildman–Crippen LogP) is 1.41. The third-order valence-electron chi connectivity index (χ3n) is 4.21. The number of benzene rings is 1. The highest BCUT2D eigenvalue weighted by Gasteiger charge is 2.20. The number of aromatic nitrogens is 3. The van der Waals surface area contributed by atoms with Crippen LogP contribution in [-0.4, -0.2) is 48.4 Å². The second-order valence-corrected chi connectivity index (χ2v) is 8.43. The molecule has 0 aliphatic heterocycles. The third kappa shape index (κ3) is 5.49. The fourth-order valence-corrected chi connectivity index (χ4v) is 3.34. The van der Waals surface area contributed by atoms with Crippen LogP contribution < -0.4 is 26.2 Å². The molecule has 1 amide bonds. The van der Waals surface area contributed by atoms with Crippen LogP contribution in [-0.2, 0) is 10.0 Å². The van der Waals surface area contributed by atoms with Crippen molar-refractivity contribution in [3.05, 3.63) is 48.2 Å². The highest BCUT2D eigenvalue weighted by atomic mass is 32.2. The molecule has 0 atom stereocenters. The summed E-state index contributed by atoms with van der Waals surface area (Å²) in [6.45, 7) is 2.22. The topological polar surface area (TPSA) is 178 Å². The Morgan fingerprint density at radius 3 is 2.58 bits per heavy atom. The van der Waals surface area contributed by atoms with Gasteiger partial charge in [-0.3, -0.25) is 14.6 Å². The summed E-state index contributed by atoms with van der Waals surface area (Å²) in [5.41, 5.74) is 13.2. The van der Waals surface area contributed by atoms with E-state index in [4.69, 9.17) is 16.2 Å². The van der Waals surface area contributed by atoms with Gasteiger partial charge in [0.05, 0.1) is 11.4 Å². The summed E-state index contributed by atoms with van der Waals surface area (Å²) in [6.07, 6.45) is 1.54. The molecular formula is C19H23N7O4S. The van der Waals surface area contributed by atoms with Crippen molar-refractivity contribution in [2.75, 3.05) is 28.9 Å². The highest BCUT2D eigenvalue weighted by molar-refractivity contribution is 7.92. The van der Waals surface area contributed by atoms with Gasteiger partial charge in [0.15, 0.2) is 5.82 Å². The van der Waals surface area contributed by atoms with Gasteiger partial charge in [-0.1, -0.05) is 12.1 Å². The average molecular weight is 446 g/mol. The van der Waals surface area contributed by atoms with Crippen LogP contribution >= 0.6 is 0 Å². The van der Waals surface area contributed by atoms with Crippen molar-refractivity contribution in [1.29, 1.82) is 0 Å². The van der Waals surface area contributed by atoms with E-state index in [1.807, 2.05) is 0 Å². The van der Waals surface area contributed by atoms with E-state index in [2.05, 4.69) is 25.2 Å². The second-order valence-electron chi connectivity index (χ2n) is 6.41. The Morgan fingerprint density at radius 1 is 1.19 bits per heavy atom. The van der Waals surface area contributed by atoms with Crippen LogP contribution in [0.1, 0.15) is 17.3 Å². The third-order valence-corrected chi connectivity index (χ3v) is 5.51. The van der Waals surface area contributed by atoms with Gasteiger partial charge in [-0.05, 0) is 25.1 Å². The molecule has 164 valence electrons. The molecule has 2 heterocycles. The highest BCUT2D eigenvalue weighted by Crippen LogP contribution is 2.30. The normalized spacial score (nSPS) is 11.2. The van der Waals surface area contributed by atoms with Crippen LogP contribution in [0.5, 0.6) is 5.88 Å². The van der Waals surface area contributed by atoms with Gasteiger partial charge in [0.1, 0.15) is 12.2 Å². The number of H-pyrrole nitrogens is 1. The fourth-order valence-electron chi connectivity index (χ4n) is 2.70. The maximum Gasteiger partial charge on any atom is 0.254 e. The van der Waals surface area contributed by atoms with Crippen molar-refractivity contribution in [1.82, 2.24) is 15.2 Å². The molecule has 11 nitrogen and oxygen atoms in total. The van der Waals surface area contributed by atoms with Gasteiger partial charge in [0.2, 0.25) is 15.9 Å². The molecule has 3 aromatic rings. The van der Waals surface area contributed by atoms with Crippen molar-refractivity contribution in [3.8, 4) is 17.1 Å². The quantitative estimate of drug-likeness (QED) is 0.311. The number of sulfonamides is 1. The molecule has 31 heavy (non-hydrogen) atoms. The summed E-state index contributed by atoms with van der Waals surface area (Å²) in [6, 6.07) is 9.81. The summed E-state index contributed by atoms with van der Waals surface area (Å²) in [4.78, 5) is 16.2. The molecular weight excluding hydrogens is 422 g/mol. The Morgan fingerprint density at radius 2 is 1.94 bits per heavy atom. The lowest BCUT2D eigenvalue weighted by Crippen LogP contribution is -2.14. The van der Waals surface area contributed by atoms with Crippen LogP contribution in [0.15, 0.2) is 42.6 Å². The molecule has 0 aliphatic carbocycles. The molecule has 0 aliphatic rings. The van der Waals surface area contributed by atoms with Crippen LogP contribution in [0.4, 0.5) is 17.2 Å². The summed E-state index contributed by atoms with van der Waals surface area (Å²) < 4.78 is 31.3. The number of rotatable bonds is 10. The minimum atomic E-state index is -3.39. The van der Waals surface area contributed by atoms with Gasteiger partial charge >= 0.3 is 0 Å². The Balaban J connectivity index is 1.87. The molecule has 0 bridgehead atoms. The largest absolute Gasteiger partial charge is 0.476 e. The van der Waals surface area contributed by atoms with E-state index in [1.54, 1.807) is 49.5 Å². The Labute approximate surface area is 179 Å². The Kier molecular flexibility index (Phi) is 6.72. The van der Waals surface area contributed by atoms with Crippen molar-refractivity contribution >= 4 is 33.1 Å². The van der Waals surface area contributed by atoms with E-state index in [0.29, 0.717) is 41.7 Å². The molecule has 3 rings (SSSR count). The Bertz CT molecular complexity index is 1160. The number of nitrogens with two attached hydrogens (primary N) is 2. The number of carbonyl (C=O) groups excluding carboxylic acids is 1. The first kappa shape index (κ1) is 22.1. The Hall–Kier alpha value is -3.64. The first-order valence-electron chi connectivity index (χ1n) is 9.38. The molecule has 0 fully saturated rings. The number of primary amides is 1. The average Bonchev–Trinajstić information content (AvgIpc) is 3.16. The van der Waals surface area contributed by atoms with Crippen molar-refractivity contribution in [3.63, 3.8) is 0 Å². The maximum atomic E-state index is 12.1. The molecule has 0 spiro atoms. The summed E-state index contributed by atoms with van der Waals surface area (Å²) in [5, 5.41) is 10.00. The zero-order chi connectivity index (χ0) is 22.4. The van der Waals surface area contributed by atoms with E-state index in [1.165, 1.54) is 0 Å². The SMILES string of the molecule is CCS(=O)(=O)Nc1ccc(-c2[nH]nc(Nc3ccnc(OCCN)c3)c2C(N)=O)cc1. The molecule has 12 heteroatoms. The first-order valence-corrected chi connectivity index (χ1v) is 11.0. The van der Waals surface area contributed by atoms with E-state index in [-0.39, 0.29) is 17.1 Å². The number of anilines is 3. The lowest BCUT2D eigenvalue weighted by Gasteiger charge is -2.09. The number of hydrogen-bond acceptors (Lipinski definition) is 8. The van der Waals surface area contributed by atoms with Crippen molar-refractivity contribution in [2.45, 2.75) is 6.92 Å². The maximum absolute atomic E-state index is 12.1. The molecule has 1 aromatic carbocycles. The van der Waals surface area contributed by atoms with Gasteiger partial charge in [0, 0.05) is 35.7 Å². The zero-order valence-electron chi connectivity index (χ0n) is 16.8. The predicted molar refractivity (Wildman–Crippen MR) is 118 cm³/mol. The van der Waals surface area contributed by atoms with Crippen LogP contribution in [0.3, 0.4) is 0 Å². The summed E-state index contributed by atoms with van der Waals surface area (Å²) >= 11 is 0. The smallest absolute Gasteiger partial charge is 0.254 e. The molecule has 0 radical (unpaired) electrons. The number of nitrogens with one attached hydrogen (secondary N) is 3. The lowest BCUT2D eigenvalue weighted by molar-refractivity contribution is 0.100. The molecule has 2 aromatic heterocycles. The number of pyridine rings is 1. The lowest BCUT2D eigenvalue weighted by atomic mass is 10.1. The summed E-state index contributed by atoms with van der Waals surface area (Å²) in [7, 11) is -3.39. The van der Waals surface area contributed by atoms with Gasteiger partial charge in [-0.2, -0.15) is 5.10 Å². The minimum absolute atomic E-state index is 0.0376. The number of nitrogens with zero attached hydrogens (tertiary/aromatic N) is 2. The standard InChI is InChI=1S/C19H23N7O4S/c1-2-31(28,29)26-13-5-3-12(4-6-13)17-16(18(21)27)19(25-24-17)23-14-7-9-22-15(11-14)30-10-8-20/h3-7,9,11,26H,2,8,10,20H2,1H3,(H2,21,27)(H2,22,23,24,25). The van der Waals surface area contributed by atoms with Crippen LogP contribution in [0.2, 0.25) is 0 Å². The number of ether oxygens (including phenoxy) is 1. The van der Waals surface area contributed by atoms with E-state index in [0.717, 1.165) is 0 Å². The number of amides is 1. The summed E-state index contributed by atoms with van der Waals surface area (Å²) in [5.74, 6) is -0.119. The number of aromatic amines is 1.